The van der Waals surface area contributed by atoms with Gasteiger partial charge in [0.15, 0.2) is 0 Å². The first-order valence-corrected chi connectivity index (χ1v) is 30.1. The Morgan fingerprint density at radius 3 is 0.872 bits per heavy atom. The van der Waals surface area contributed by atoms with Crippen molar-refractivity contribution in [2.24, 2.45) is 0 Å². The van der Waals surface area contributed by atoms with Crippen LogP contribution in [0.1, 0.15) is 219 Å². The van der Waals surface area contributed by atoms with E-state index in [0.717, 1.165) is 38.5 Å². The molecular formula is C58H106GdN5O14. The fourth-order valence-electron chi connectivity index (χ4n) is 8.91. The van der Waals surface area contributed by atoms with E-state index in [1.165, 1.54) is 169 Å². The number of aliphatic carboxylic acids is 3. The molecule has 2 N–H and O–H groups in total. The summed E-state index contributed by atoms with van der Waals surface area (Å²) in [7, 11) is 0. The maximum atomic E-state index is 12.7. The summed E-state index contributed by atoms with van der Waals surface area (Å²) in [6.07, 6.45) is 38.2. The summed E-state index contributed by atoms with van der Waals surface area (Å²) >= 11 is 0. The number of amides is 2. The topological polar surface area (TPSA) is 259 Å². The monoisotopic (exact) mass is 1250 g/mol. The van der Waals surface area contributed by atoms with Gasteiger partial charge in [-0.2, -0.15) is 0 Å². The van der Waals surface area contributed by atoms with Crippen molar-refractivity contribution in [3.05, 3.63) is 0 Å². The third-order valence-electron chi connectivity index (χ3n) is 13.3. The number of carboxylic acid groups (broad SMARTS) is 3. The maximum Gasteiger partial charge on any atom is 3.00 e. The number of nitrogens with zero attached hydrogens (tertiary/aromatic N) is 3. The second-order valence-electron chi connectivity index (χ2n) is 20.6. The molecule has 0 aromatic heterocycles. The van der Waals surface area contributed by atoms with E-state index >= 15 is 0 Å². The van der Waals surface area contributed by atoms with Crippen LogP contribution in [0.15, 0.2) is 0 Å². The van der Waals surface area contributed by atoms with Crippen LogP contribution in [-0.2, 0) is 52.5 Å². The van der Waals surface area contributed by atoms with Crippen molar-refractivity contribution < 1.29 is 108 Å². The van der Waals surface area contributed by atoms with Crippen LogP contribution in [0, 0.1) is 39.9 Å². The molecule has 455 valence electrons. The fraction of sp³-hybridized carbons (Fsp3) is 0.879. The predicted octanol–water partition coefficient (Wildman–Crippen LogP) is 5.02. The van der Waals surface area contributed by atoms with E-state index in [4.69, 9.17) is 18.9 Å². The average Bonchev–Trinajstić information content (AvgIpc) is 3.38. The summed E-state index contributed by atoms with van der Waals surface area (Å²) in [6, 6.07) is 0. The number of nitrogens with one attached hydrogen (secondary N) is 2. The average molecular weight is 1250 g/mol. The minimum absolute atomic E-state index is 0. The maximum absolute atomic E-state index is 12.7. The van der Waals surface area contributed by atoms with Gasteiger partial charge in [-0.3, -0.25) is 33.9 Å². The minimum atomic E-state index is -1.46. The van der Waals surface area contributed by atoms with E-state index in [0.29, 0.717) is 12.8 Å². The molecule has 78 heavy (non-hydrogen) atoms. The molecule has 0 saturated heterocycles. The van der Waals surface area contributed by atoms with Crippen molar-refractivity contribution in [3.8, 4) is 0 Å². The molecule has 0 rings (SSSR count). The molecule has 0 aromatic carbocycles. The van der Waals surface area contributed by atoms with Gasteiger partial charge in [0.05, 0.1) is 57.4 Å². The van der Waals surface area contributed by atoms with E-state index in [-0.39, 0.29) is 144 Å². The Morgan fingerprint density at radius 2 is 0.590 bits per heavy atom. The molecule has 0 aliphatic heterocycles. The Labute approximate surface area is 502 Å². The molecule has 0 unspecified atom stereocenters. The molecular weight excluding hydrogens is 1150 g/mol. The number of ether oxygens (including phenoxy) is 4. The molecule has 0 saturated carbocycles. The molecule has 0 aliphatic carbocycles. The van der Waals surface area contributed by atoms with Crippen molar-refractivity contribution in [1.82, 2.24) is 25.3 Å². The molecule has 19 nitrogen and oxygen atoms in total. The molecule has 0 atom stereocenters. The van der Waals surface area contributed by atoms with E-state index in [1.807, 2.05) is 0 Å². The number of hydrogen-bond donors (Lipinski definition) is 2. The van der Waals surface area contributed by atoms with Crippen molar-refractivity contribution in [2.75, 3.05) is 112 Å². The van der Waals surface area contributed by atoms with Crippen molar-refractivity contribution in [2.45, 2.75) is 219 Å². The summed E-state index contributed by atoms with van der Waals surface area (Å²) in [6.45, 7) is 2.62. The predicted molar refractivity (Wildman–Crippen MR) is 293 cm³/mol. The fourth-order valence-corrected chi connectivity index (χ4v) is 8.91. The molecule has 0 fully saturated rings. The summed E-state index contributed by atoms with van der Waals surface area (Å²) in [4.78, 5) is 88.0. The molecule has 0 heterocycles. The summed E-state index contributed by atoms with van der Waals surface area (Å²) < 4.78 is 21.4. The Balaban J connectivity index is 0. The second-order valence-corrected chi connectivity index (χ2v) is 20.6. The SMILES string of the molecule is CCCCCCCCCCCCCCCCCC(=O)OCCOCCNC(=O)CN(CCN(CCN(CC(=O)[O-])CC(=O)NCCOCCOC(=O)CCCCCCCCCCCCCCCCC)CC(=O)[O-])CC(=O)[O-].[Gd+3]. The number of esters is 2. The van der Waals surface area contributed by atoms with Crippen LogP contribution in [0.3, 0.4) is 0 Å². The molecule has 0 aromatic rings. The number of unbranched alkanes of at least 4 members (excludes halogenated alkanes) is 28. The summed E-state index contributed by atoms with van der Waals surface area (Å²) in [5.74, 6) is -5.93. The normalized spacial score (nSPS) is 11.2. The zero-order valence-corrected chi connectivity index (χ0v) is 50.8. The van der Waals surface area contributed by atoms with Gasteiger partial charge in [-0.05, 0) is 12.8 Å². The van der Waals surface area contributed by atoms with Crippen LogP contribution in [0.2, 0.25) is 0 Å². The van der Waals surface area contributed by atoms with Crippen molar-refractivity contribution in [3.63, 3.8) is 0 Å². The molecule has 1 radical (unpaired) electrons. The van der Waals surface area contributed by atoms with E-state index in [2.05, 4.69) is 24.5 Å². The van der Waals surface area contributed by atoms with Crippen LogP contribution in [0.5, 0.6) is 0 Å². The van der Waals surface area contributed by atoms with Gasteiger partial charge in [0.1, 0.15) is 13.2 Å². The zero-order chi connectivity index (χ0) is 56.7. The van der Waals surface area contributed by atoms with Gasteiger partial charge in [-0.25, -0.2) is 0 Å². The first-order valence-electron chi connectivity index (χ1n) is 30.1. The van der Waals surface area contributed by atoms with Crippen LogP contribution in [0.4, 0.5) is 0 Å². The Kier molecular flexibility index (Phi) is 58.7. The number of carbonyl (C=O) groups is 7. The quantitative estimate of drug-likeness (QED) is 0.0599. The molecule has 20 heteroatoms. The second kappa shape index (κ2) is 59.0. The van der Waals surface area contributed by atoms with Gasteiger partial charge in [-0.1, -0.05) is 194 Å². The molecule has 2 amide bonds. The van der Waals surface area contributed by atoms with Gasteiger partial charge in [-0.15, -0.1) is 0 Å². The standard InChI is InChI=1S/C58H109N5O14.Gd/c1-3-5-7-9-11-13-15-17-19-21-23-25-27-29-31-33-57(72)76-45-43-74-41-35-59-52(64)47-62(50-55(68)69)39-37-61(49-54(66)67)38-40-63(51-56(70)71)48-53(65)60-36-42-75-44-46-77-58(73)34-32-30-28-26-24-22-20-18-16-14-12-10-8-6-4-2;/h3-51H2,1-2H3,(H,59,64)(H,60,65)(H,66,67)(H,68,69)(H,70,71);/q;+3/p-3. The van der Waals surface area contributed by atoms with Crippen molar-refractivity contribution >= 4 is 41.7 Å². The Morgan fingerprint density at radius 1 is 0.333 bits per heavy atom. The number of carbonyl (C=O) groups excluding carboxylic acids is 7. The number of hydrogen-bond acceptors (Lipinski definition) is 17. The summed E-state index contributed by atoms with van der Waals surface area (Å²) in [5, 5.41) is 39.9. The number of rotatable bonds is 60. The van der Waals surface area contributed by atoms with E-state index in [1.54, 1.807) is 0 Å². The van der Waals surface area contributed by atoms with E-state index < -0.39 is 49.4 Å². The summed E-state index contributed by atoms with van der Waals surface area (Å²) in [5.41, 5.74) is 0. The van der Waals surface area contributed by atoms with Gasteiger partial charge in [0.25, 0.3) is 0 Å². The van der Waals surface area contributed by atoms with Crippen molar-refractivity contribution in [1.29, 1.82) is 0 Å². The van der Waals surface area contributed by atoms with Gasteiger partial charge >= 0.3 is 51.9 Å². The van der Waals surface area contributed by atoms with E-state index in [9.17, 15) is 48.9 Å². The minimum Gasteiger partial charge on any atom is -0.549 e. The van der Waals surface area contributed by atoms with Crippen LogP contribution in [-0.4, -0.2) is 168 Å². The third kappa shape index (κ3) is 58.1. The van der Waals surface area contributed by atoms with Crippen LogP contribution in [0.25, 0.3) is 0 Å². The zero-order valence-electron chi connectivity index (χ0n) is 48.6. The van der Waals surface area contributed by atoms with Gasteiger partial charge in [0, 0.05) is 71.7 Å². The Hall–Kier alpha value is -2.59. The molecule has 0 aliphatic rings. The third-order valence-corrected chi connectivity index (χ3v) is 13.3. The van der Waals surface area contributed by atoms with Crippen LogP contribution >= 0.6 is 0 Å². The largest absolute Gasteiger partial charge is 3.00 e. The number of carboxylic acids is 3. The van der Waals surface area contributed by atoms with Crippen LogP contribution < -0.4 is 26.0 Å². The van der Waals surface area contributed by atoms with Gasteiger partial charge in [0.2, 0.25) is 11.8 Å². The Bertz CT molecular complexity index is 1390. The smallest absolute Gasteiger partial charge is 0.549 e. The molecule has 0 spiro atoms. The first-order chi connectivity index (χ1) is 37.4. The first kappa shape index (κ1) is 77.5. The molecule has 0 bridgehead atoms. The van der Waals surface area contributed by atoms with Gasteiger partial charge < -0.3 is 59.3 Å².